The molecule has 2 aliphatic heterocycles. The molecule has 6 heteroatoms. The first kappa shape index (κ1) is 13.8. The van der Waals surface area contributed by atoms with Crippen LogP contribution in [0.3, 0.4) is 0 Å². The maximum absolute atomic E-state index is 12.3. The van der Waals surface area contributed by atoms with E-state index in [0.29, 0.717) is 5.06 Å². The van der Waals surface area contributed by atoms with Gasteiger partial charge in [0.25, 0.3) is 11.8 Å². The number of carbonyl (C=O) groups excluding carboxylic acids is 3. The van der Waals surface area contributed by atoms with Gasteiger partial charge in [-0.15, -0.1) is 0 Å². The van der Waals surface area contributed by atoms with Crippen LogP contribution in [0, 0.1) is 11.3 Å². The highest BCUT2D eigenvalue weighted by Crippen LogP contribution is 2.38. The number of amides is 2. The summed E-state index contributed by atoms with van der Waals surface area (Å²) in [4.78, 5) is 41.7. The molecule has 0 radical (unpaired) electrons. The van der Waals surface area contributed by atoms with Crippen LogP contribution in [-0.4, -0.2) is 36.1 Å². The van der Waals surface area contributed by atoms with E-state index in [4.69, 9.17) is 9.57 Å². The molecule has 0 saturated carbocycles. The number of benzene rings is 1. The molecule has 0 aliphatic carbocycles. The summed E-state index contributed by atoms with van der Waals surface area (Å²) in [5, 5.41) is 0.551. The minimum atomic E-state index is -0.782. The lowest BCUT2D eigenvalue weighted by Crippen LogP contribution is -2.55. The minimum Gasteiger partial charge on any atom is -0.379 e. The second-order valence-corrected chi connectivity index (χ2v) is 5.63. The van der Waals surface area contributed by atoms with Crippen molar-refractivity contribution in [2.24, 2.45) is 11.3 Å². The van der Waals surface area contributed by atoms with Gasteiger partial charge in [-0.25, -0.2) is 4.79 Å². The number of ether oxygens (including phenoxy) is 1. The van der Waals surface area contributed by atoms with Crippen LogP contribution in [0.5, 0.6) is 0 Å². The number of hydrogen-bond acceptors (Lipinski definition) is 5. The number of hydroxylamine groups is 2. The van der Waals surface area contributed by atoms with Gasteiger partial charge in [-0.05, 0) is 18.1 Å². The quantitative estimate of drug-likeness (QED) is 0.787. The van der Waals surface area contributed by atoms with Crippen LogP contribution in [0.2, 0.25) is 0 Å². The summed E-state index contributed by atoms with van der Waals surface area (Å²) in [7, 11) is 0. The normalized spacial score (nSPS) is 19.5. The molecule has 110 valence electrons. The molecule has 3 rings (SSSR count). The van der Waals surface area contributed by atoms with Crippen LogP contribution in [0.15, 0.2) is 24.3 Å². The van der Waals surface area contributed by atoms with Crippen molar-refractivity contribution >= 4 is 17.8 Å². The van der Waals surface area contributed by atoms with E-state index < -0.39 is 23.2 Å². The van der Waals surface area contributed by atoms with Crippen molar-refractivity contribution in [3.05, 3.63) is 35.4 Å². The lowest BCUT2D eigenvalue weighted by molar-refractivity contribution is -0.215. The Hall–Kier alpha value is -2.21. The van der Waals surface area contributed by atoms with Gasteiger partial charge in [-0.2, -0.15) is 0 Å². The van der Waals surface area contributed by atoms with Crippen LogP contribution in [0.25, 0.3) is 0 Å². The zero-order valence-electron chi connectivity index (χ0n) is 11.8. The lowest BCUT2D eigenvalue weighted by Gasteiger charge is -2.42. The zero-order chi connectivity index (χ0) is 15.2. The highest BCUT2D eigenvalue weighted by atomic mass is 16.7. The van der Waals surface area contributed by atoms with Crippen molar-refractivity contribution in [2.75, 3.05) is 13.2 Å². The Morgan fingerprint density at radius 2 is 1.71 bits per heavy atom. The zero-order valence-corrected chi connectivity index (χ0v) is 11.8. The molecule has 6 nitrogen and oxygen atoms in total. The Balaban J connectivity index is 1.83. The van der Waals surface area contributed by atoms with E-state index in [1.165, 1.54) is 12.1 Å². The highest BCUT2D eigenvalue weighted by Gasteiger charge is 2.52. The van der Waals surface area contributed by atoms with E-state index in [0.717, 1.165) is 0 Å². The number of fused-ring (bicyclic) bond motifs is 1. The fourth-order valence-electron chi connectivity index (χ4n) is 2.43. The average molecular weight is 289 g/mol. The fraction of sp³-hybridized carbons (Fsp3) is 0.400. The number of carbonyl (C=O) groups is 3. The number of rotatable bonds is 3. The van der Waals surface area contributed by atoms with E-state index in [1.807, 2.05) is 13.8 Å². The lowest BCUT2D eigenvalue weighted by atomic mass is 9.75. The van der Waals surface area contributed by atoms with E-state index in [9.17, 15) is 14.4 Å². The van der Waals surface area contributed by atoms with Gasteiger partial charge in [-0.3, -0.25) is 9.59 Å². The fourth-order valence-corrected chi connectivity index (χ4v) is 2.43. The van der Waals surface area contributed by atoms with Gasteiger partial charge in [0.05, 0.1) is 24.3 Å². The number of nitrogens with zero attached hydrogens (tertiary/aromatic N) is 1. The van der Waals surface area contributed by atoms with E-state index in [2.05, 4.69) is 0 Å². The van der Waals surface area contributed by atoms with Gasteiger partial charge < -0.3 is 9.57 Å². The van der Waals surface area contributed by atoms with Crippen molar-refractivity contribution in [1.82, 2.24) is 5.06 Å². The van der Waals surface area contributed by atoms with Gasteiger partial charge in [0.1, 0.15) is 5.41 Å². The molecule has 0 atom stereocenters. The molecule has 0 spiro atoms. The van der Waals surface area contributed by atoms with Crippen LogP contribution >= 0.6 is 0 Å². The largest absolute Gasteiger partial charge is 0.379 e. The SMILES string of the molecule is CC(C)C1(C(=O)ON2C(=O)c3ccccc3C2=O)COC1. The standard InChI is InChI=1S/C15H15NO5/c1-9(2)15(7-20-8-15)14(19)21-16-12(17)10-5-3-4-6-11(10)13(16)18/h3-6,9H,7-8H2,1-2H3. The van der Waals surface area contributed by atoms with Crippen LogP contribution in [0.4, 0.5) is 0 Å². The monoisotopic (exact) mass is 289 g/mol. The first-order valence-electron chi connectivity index (χ1n) is 6.75. The molecule has 2 heterocycles. The summed E-state index contributed by atoms with van der Waals surface area (Å²) in [6.45, 7) is 4.25. The molecule has 0 bridgehead atoms. The Morgan fingerprint density at radius 3 is 2.10 bits per heavy atom. The predicted molar refractivity (Wildman–Crippen MR) is 71.1 cm³/mol. The molecule has 1 aromatic carbocycles. The smallest absolute Gasteiger partial charge is 0.344 e. The third-order valence-electron chi connectivity index (χ3n) is 4.16. The molecule has 2 amide bonds. The summed E-state index contributed by atoms with van der Waals surface area (Å²) in [6.07, 6.45) is 0. The highest BCUT2D eigenvalue weighted by molar-refractivity contribution is 6.20. The summed E-state index contributed by atoms with van der Waals surface area (Å²) in [5.41, 5.74) is -0.285. The van der Waals surface area contributed by atoms with Crippen molar-refractivity contribution < 1.29 is 24.0 Å². The van der Waals surface area contributed by atoms with Crippen LogP contribution in [-0.2, 0) is 14.4 Å². The summed E-state index contributed by atoms with van der Waals surface area (Å²) >= 11 is 0. The Bertz CT molecular complexity index is 598. The number of imide groups is 1. The molecule has 1 fully saturated rings. The molecule has 0 unspecified atom stereocenters. The third-order valence-corrected chi connectivity index (χ3v) is 4.16. The van der Waals surface area contributed by atoms with E-state index in [1.54, 1.807) is 12.1 Å². The Labute approximate surface area is 121 Å². The number of hydrogen-bond donors (Lipinski definition) is 0. The molecule has 0 aromatic heterocycles. The minimum absolute atomic E-state index is 0.00562. The molecule has 0 N–H and O–H groups in total. The first-order chi connectivity index (χ1) is 9.97. The first-order valence-corrected chi connectivity index (χ1v) is 6.75. The average Bonchev–Trinajstić information content (AvgIpc) is 2.63. The van der Waals surface area contributed by atoms with Gasteiger partial charge in [0.15, 0.2) is 0 Å². The second-order valence-electron chi connectivity index (χ2n) is 5.63. The van der Waals surface area contributed by atoms with Crippen LogP contribution < -0.4 is 0 Å². The molecule has 2 aliphatic rings. The van der Waals surface area contributed by atoms with Crippen molar-refractivity contribution in [2.45, 2.75) is 13.8 Å². The summed E-state index contributed by atoms with van der Waals surface area (Å²) in [5.74, 6) is -1.82. The maximum Gasteiger partial charge on any atom is 0.344 e. The molecular weight excluding hydrogens is 274 g/mol. The second kappa shape index (κ2) is 4.66. The van der Waals surface area contributed by atoms with Crippen molar-refractivity contribution in [3.63, 3.8) is 0 Å². The van der Waals surface area contributed by atoms with E-state index in [-0.39, 0.29) is 30.3 Å². The summed E-state index contributed by atoms with van der Waals surface area (Å²) in [6, 6.07) is 6.39. The maximum atomic E-state index is 12.3. The van der Waals surface area contributed by atoms with Gasteiger partial charge in [0, 0.05) is 0 Å². The molecule has 1 aromatic rings. The topological polar surface area (TPSA) is 72.9 Å². The Kier molecular flexibility index (Phi) is 3.06. The van der Waals surface area contributed by atoms with E-state index >= 15 is 0 Å². The van der Waals surface area contributed by atoms with Crippen LogP contribution in [0.1, 0.15) is 34.6 Å². The van der Waals surface area contributed by atoms with Crippen molar-refractivity contribution in [3.8, 4) is 0 Å². The molecule has 21 heavy (non-hydrogen) atoms. The van der Waals surface area contributed by atoms with Gasteiger partial charge in [-0.1, -0.05) is 31.0 Å². The summed E-state index contributed by atoms with van der Waals surface area (Å²) < 4.78 is 5.11. The van der Waals surface area contributed by atoms with Gasteiger partial charge in [0.2, 0.25) is 0 Å². The van der Waals surface area contributed by atoms with Gasteiger partial charge >= 0.3 is 5.97 Å². The Morgan fingerprint density at radius 1 is 1.19 bits per heavy atom. The predicted octanol–water partition coefficient (Wildman–Crippen LogP) is 1.41. The molecular formula is C15H15NO5. The third kappa shape index (κ3) is 1.86. The van der Waals surface area contributed by atoms with Crippen molar-refractivity contribution in [1.29, 1.82) is 0 Å². The molecule has 1 saturated heterocycles.